The summed E-state index contributed by atoms with van der Waals surface area (Å²) >= 11 is 0. The van der Waals surface area contributed by atoms with Gasteiger partial charge in [0.2, 0.25) is 0 Å². The third-order valence-corrected chi connectivity index (χ3v) is 2.31. The number of nitrogens with zero attached hydrogens (tertiary/aromatic N) is 2. The van der Waals surface area contributed by atoms with Gasteiger partial charge >= 0.3 is 0 Å². The molecule has 15 heavy (non-hydrogen) atoms. The maximum Gasteiger partial charge on any atom is 0.0724 e. The molecule has 1 unspecified atom stereocenters. The zero-order chi connectivity index (χ0) is 11.1. The van der Waals surface area contributed by atoms with E-state index in [2.05, 4.69) is 29.1 Å². The third-order valence-electron chi connectivity index (χ3n) is 2.31. The van der Waals surface area contributed by atoms with Crippen LogP contribution in [0.5, 0.6) is 0 Å². The van der Waals surface area contributed by atoms with Gasteiger partial charge in [-0.2, -0.15) is 0 Å². The van der Waals surface area contributed by atoms with Crippen LogP contribution in [0, 0.1) is 5.92 Å². The fourth-order valence-electron chi connectivity index (χ4n) is 1.32. The minimum absolute atomic E-state index is 0.358. The van der Waals surface area contributed by atoms with Gasteiger partial charge in [-0.1, -0.05) is 13.8 Å². The van der Waals surface area contributed by atoms with Crippen LogP contribution in [0.3, 0.4) is 0 Å². The SMILES string of the molecule is COCC(NCc1cnccn1)C(C)C. The maximum atomic E-state index is 5.16. The van der Waals surface area contributed by atoms with E-state index in [0.29, 0.717) is 12.0 Å². The first-order chi connectivity index (χ1) is 7.24. The molecule has 0 saturated heterocycles. The average molecular weight is 209 g/mol. The zero-order valence-electron chi connectivity index (χ0n) is 9.60. The van der Waals surface area contributed by atoms with Crippen LogP contribution in [0.4, 0.5) is 0 Å². The van der Waals surface area contributed by atoms with Crippen LogP contribution < -0.4 is 5.32 Å². The number of methoxy groups -OCH3 is 1. The smallest absolute Gasteiger partial charge is 0.0724 e. The minimum atomic E-state index is 0.358. The molecule has 4 nitrogen and oxygen atoms in total. The normalized spacial score (nSPS) is 13.1. The number of nitrogens with one attached hydrogen (secondary N) is 1. The van der Waals surface area contributed by atoms with Crippen LogP contribution in [-0.4, -0.2) is 29.7 Å². The van der Waals surface area contributed by atoms with E-state index in [-0.39, 0.29) is 0 Å². The third kappa shape index (κ3) is 4.36. The Morgan fingerprint density at radius 2 is 2.20 bits per heavy atom. The van der Waals surface area contributed by atoms with E-state index in [4.69, 9.17) is 4.74 Å². The predicted molar refractivity (Wildman–Crippen MR) is 59.4 cm³/mol. The van der Waals surface area contributed by atoms with Gasteiger partial charge in [0, 0.05) is 38.3 Å². The Balaban J connectivity index is 2.40. The van der Waals surface area contributed by atoms with Crippen molar-refractivity contribution in [3.05, 3.63) is 24.3 Å². The molecule has 1 aromatic heterocycles. The standard InChI is InChI=1S/C11H19N3O/c1-9(2)11(8-15-3)14-7-10-6-12-4-5-13-10/h4-6,9,11,14H,7-8H2,1-3H3. The first kappa shape index (κ1) is 12.1. The summed E-state index contributed by atoms with van der Waals surface area (Å²) < 4.78 is 5.16. The highest BCUT2D eigenvalue weighted by atomic mass is 16.5. The van der Waals surface area contributed by atoms with Gasteiger partial charge in [0.05, 0.1) is 12.3 Å². The van der Waals surface area contributed by atoms with Crippen molar-refractivity contribution in [2.75, 3.05) is 13.7 Å². The molecule has 0 aliphatic heterocycles. The van der Waals surface area contributed by atoms with Crippen LogP contribution in [0.25, 0.3) is 0 Å². The van der Waals surface area contributed by atoms with E-state index < -0.39 is 0 Å². The molecular formula is C11H19N3O. The van der Waals surface area contributed by atoms with Gasteiger partial charge in [-0.15, -0.1) is 0 Å². The molecule has 4 heteroatoms. The first-order valence-electron chi connectivity index (χ1n) is 5.21. The topological polar surface area (TPSA) is 47.0 Å². The number of ether oxygens (including phenoxy) is 1. The molecule has 84 valence electrons. The van der Waals surface area contributed by atoms with Gasteiger partial charge in [-0.25, -0.2) is 0 Å². The largest absolute Gasteiger partial charge is 0.383 e. The van der Waals surface area contributed by atoms with Crippen molar-refractivity contribution < 1.29 is 4.74 Å². The van der Waals surface area contributed by atoms with E-state index in [1.807, 2.05) is 0 Å². The quantitative estimate of drug-likeness (QED) is 0.765. The number of hydrogen-bond donors (Lipinski definition) is 1. The molecular weight excluding hydrogens is 190 g/mol. The van der Waals surface area contributed by atoms with Crippen molar-refractivity contribution in [2.24, 2.45) is 5.92 Å². The summed E-state index contributed by atoms with van der Waals surface area (Å²) in [6.45, 7) is 5.80. The Bertz CT molecular complexity index is 264. The van der Waals surface area contributed by atoms with Crippen molar-refractivity contribution in [3.8, 4) is 0 Å². The molecule has 0 amide bonds. The zero-order valence-corrected chi connectivity index (χ0v) is 9.60. The van der Waals surface area contributed by atoms with Crippen LogP contribution in [0.2, 0.25) is 0 Å². The van der Waals surface area contributed by atoms with Crippen LogP contribution in [-0.2, 0) is 11.3 Å². The lowest BCUT2D eigenvalue weighted by Crippen LogP contribution is -2.37. The molecule has 0 saturated carbocycles. The minimum Gasteiger partial charge on any atom is -0.383 e. The maximum absolute atomic E-state index is 5.16. The summed E-state index contributed by atoms with van der Waals surface area (Å²) in [6.07, 6.45) is 5.16. The van der Waals surface area contributed by atoms with Crippen molar-refractivity contribution >= 4 is 0 Å². The second kappa shape index (κ2) is 6.48. The first-order valence-corrected chi connectivity index (χ1v) is 5.21. The van der Waals surface area contributed by atoms with E-state index in [0.717, 1.165) is 18.8 Å². The number of rotatable bonds is 6. The second-order valence-electron chi connectivity index (χ2n) is 3.88. The van der Waals surface area contributed by atoms with E-state index in [1.165, 1.54) is 0 Å². The molecule has 0 radical (unpaired) electrons. The highest BCUT2D eigenvalue weighted by Gasteiger charge is 2.12. The average Bonchev–Trinajstić information content (AvgIpc) is 2.25. The van der Waals surface area contributed by atoms with Gasteiger partial charge in [-0.05, 0) is 5.92 Å². The Kier molecular flexibility index (Phi) is 5.21. The highest BCUT2D eigenvalue weighted by Crippen LogP contribution is 2.03. The Hall–Kier alpha value is -1.00. The second-order valence-corrected chi connectivity index (χ2v) is 3.88. The van der Waals surface area contributed by atoms with Crippen LogP contribution in [0.1, 0.15) is 19.5 Å². The predicted octanol–water partition coefficient (Wildman–Crippen LogP) is 1.24. The summed E-state index contributed by atoms with van der Waals surface area (Å²) in [4.78, 5) is 8.22. The lowest BCUT2D eigenvalue weighted by Gasteiger charge is -2.21. The Morgan fingerprint density at radius 1 is 1.40 bits per heavy atom. The molecule has 0 fully saturated rings. The summed E-state index contributed by atoms with van der Waals surface area (Å²) in [7, 11) is 1.72. The van der Waals surface area contributed by atoms with Crippen LogP contribution >= 0.6 is 0 Å². The molecule has 1 atom stereocenters. The van der Waals surface area contributed by atoms with Gasteiger partial charge in [-0.3, -0.25) is 9.97 Å². The lowest BCUT2D eigenvalue weighted by atomic mass is 10.1. The van der Waals surface area contributed by atoms with E-state index >= 15 is 0 Å². The number of hydrogen-bond acceptors (Lipinski definition) is 4. The molecule has 0 aliphatic carbocycles. The van der Waals surface area contributed by atoms with Gasteiger partial charge in [0.25, 0.3) is 0 Å². The Morgan fingerprint density at radius 3 is 2.73 bits per heavy atom. The van der Waals surface area contributed by atoms with Gasteiger partial charge in [0.15, 0.2) is 0 Å². The molecule has 0 bridgehead atoms. The monoisotopic (exact) mass is 209 g/mol. The highest BCUT2D eigenvalue weighted by molar-refractivity contribution is 4.94. The van der Waals surface area contributed by atoms with Crippen molar-refractivity contribution in [2.45, 2.75) is 26.4 Å². The summed E-state index contributed by atoms with van der Waals surface area (Å²) in [6, 6.07) is 0.358. The summed E-state index contributed by atoms with van der Waals surface area (Å²) in [5.41, 5.74) is 0.958. The Labute approximate surface area is 91.1 Å². The molecule has 1 N–H and O–H groups in total. The van der Waals surface area contributed by atoms with Crippen LogP contribution in [0.15, 0.2) is 18.6 Å². The van der Waals surface area contributed by atoms with Crippen molar-refractivity contribution in [1.82, 2.24) is 15.3 Å². The molecule has 1 aromatic rings. The molecule has 0 spiro atoms. The molecule has 1 heterocycles. The summed E-state index contributed by atoms with van der Waals surface area (Å²) in [5.74, 6) is 0.543. The van der Waals surface area contributed by atoms with Gasteiger partial charge < -0.3 is 10.1 Å². The molecule has 0 aliphatic rings. The van der Waals surface area contributed by atoms with Gasteiger partial charge in [0.1, 0.15) is 0 Å². The van der Waals surface area contributed by atoms with E-state index in [1.54, 1.807) is 25.7 Å². The fraction of sp³-hybridized carbons (Fsp3) is 0.636. The van der Waals surface area contributed by atoms with Crippen molar-refractivity contribution in [3.63, 3.8) is 0 Å². The fourth-order valence-corrected chi connectivity index (χ4v) is 1.32. The number of aromatic nitrogens is 2. The lowest BCUT2D eigenvalue weighted by molar-refractivity contribution is 0.146. The summed E-state index contributed by atoms with van der Waals surface area (Å²) in [5, 5.41) is 3.41. The van der Waals surface area contributed by atoms with Crippen molar-refractivity contribution in [1.29, 1.82) is 0 Å². The molecule has 0 aromatic carbocycles. The van der Waals surface area contributed by atoms with E-state index in [9.17, 15) is 0 Å². The molecule has 1 rings (SSSR count).